The van der Waals surface area contributed by atoms with E-state index in [1.165, 1.54) is 64.5 Å². The fourth-order valence-electron chi connectivity index (χ4n) is 3.89. The first-order chi connectivity index (χ1) is 8.19. The van der Waals surface area contributed by atoms with Crippen LogP contribution in [0.15, 0.2) is 0 Å². The van der Waals surface area contributed by atoms with Crippen molar-refractivity contribution < 1.29 is 0 Å². The van der Waals surface area contributed by atoms with Crippen LogP contribution >= 0.6 is 0 Å². The molecule has 0 aromatic heterocycles. The van der Waals surface area contributed by atoms with E-state index in [0.29, 0.717) is 11.6 Å². The summed E-state index contributed by atoms with van der Waals surface area (Å²) in [5.74, 6) is 0.782. The largest absolute Gasteiger partial charge is 0.326 e. The van der Waals surface area contributed by atoms with Crippen LogP contribution in [-0.2, 0) is 0 Å². The topological polar surface area (TPSA) is 29.3 Å². The van der Waals surface area contributed by atoms with Crippen LogP contribution in [0.25, 0.3) is 0 Å². The Hall–Kier alpha value is -0.0800. The van der Waals surface area contributed by atoms with Crippen LogP contribution in [0.5, 0.6) is 0 Å². The van der Waals surface area contributed by atoms with Crippen molar-refractivity contribution in [3.05, 3.63) is 0 Å². The summed E-state index contributed by atoms with van der Waals surface area (Å²) in [6, 6.07) is 0.401. The summed E-state index contributed by atoms with van der Waals surface area (Å²) in [6.07, 6.45) is 10.7. The van der Waals surface area contributed by atoms with Crippen molar-refractivity contribution in [2.45, 2.75) is 76.8 Å². The first kappa shape index (κ1) is 13.4. The number of hydrogen-bond acceptors (Lipinski definition) is 2. The van der Waals surface area contributed by atoms with Crippen molar-refractivity contribution in [3.63, 3.8) is 0 Å². The van der Waals surface area contributed by atoms with Crippen LogP contribution in [-0.4, -0.2) is 29.6 Å². The summed E-state index contributed by atoms with van der Waals surface area (Å²) in [4.78, 5) is 2.74. The van der Waals surface area contributed by atoms with Crippen molar-refractivity contribution in [1.82, 2.24) is 4.90 Å². The van der Waals surface area contributed by atoms with Gasteiger partial charge in [-0.05, 0) is 51.1 Å². The third kappa shape index (κ3) is 2.68. The third-order valence-corrected chi connectivity index (χ3v) is 5.25. The zero-order chi connectivity index (χ0) is 12.3. The highest BCUT2D eigenvalue weighted by atomic mass is 15.2. The Morgan fingerprint density at radius 2 is 1.71 bits per heavy atom. The van der Waals surface area contributed by atoms with E-state index in [-0.39, 0.29) is 0 Å². The lowest BCUT2D eigenvalue weighted by molar-refractivity contribution is 0.0826. The molecule has 2 unspecified atom stereocenters. The Kier molecular flexibility index (Phi) is 4.48. The lowest BCUT2D eigenvalue weighted by Crippen LogP contribution is -2.57. The lowest BCUT2D eigenvalue weighted by atomic mass is 9.81. The van der Waals surface area contributed by atoms with Gasteiger partial charge in [-0.15, -0.1) is 0 Å². The van der Waals surface area contributed by atoms with Gasteiger partial charge in [0, 0.05) is 11.6 Å². The Morgan fingerprint density at radius 3 is 2.24 bits per heavy atom. The Bertz CT molecular complexity index is 227. The van der Waals surface area contributed by atoms with E-state index in [2.05, 4.69) is 18.7 Å². The molecular weight excluding hydrogens is 208 g/mol. The lowest BCUT2D eigenvalue weighted by Gasteiger charge is -2.44. The summed E-state index contributed by atoms with van der Waals surface area (Å²) in [5, 5.41) is 0. The van der Waals surface area contributed by atoms with Crippen molar-refractivity contribution in [3.8, 4) is 0 Å². The van der Waals surface area contributed by atoms with Gasteiger partial charge >= 0.3 is 0 Å². The van der Waals surface area contributed by atoms with Gasteiger partial charge in [0.25, 0.3) is 0 Å². The van der Waals surface area contributed by atoms with Crippen LogP contribution in [0.2, 0.25) is 0 Å². The van der Waals surface area contributed by atoms with Crippen molar-refractivity contribution >= 4 is 0 Å². The molecule has 0 aromatic carbocycles. The minimum atomic E-state index is 0.375. The van der Waals surface area contributed by atoms with Gasteiger partial charge < -0.3 is 5.73 Å². The average molecular weight is 238 g/mol. The molecule has 17 heavy (non-hydrogen) atoms. The fraction of sp³-hybridized carbons (Fsp3) is 1.00. The number of rotatable bonds is 5. The van der Waals surface area contributed by atoms with Gasteiger partial charge in [-0.3, -0.25) is 4.90 Å². The summed E-state index contributed by atoms with van der Waals surface area (Å²) >= 11 is 0. The molecule has 0 radical (unpaired) electrons. The van der Waals surface area contributed by atoms with E-state index < -0.39 is 0 Å². The molecule has 1 saturated heterocycles. The molecule has 2 aliphatic rings. The highest BCUT2D eigenvalue weighted by Crippen LogP contribution is 2.41. The van der Waals surface area contributed by atoms with Crippen LogP contribution in [0.1, 0.15) is 65.2 Å². The van der Waals surface area contributed by atoms with E-state index in [9.17, 15) is 0 Å². The van der Waals surface area contributed by atoms with Gasteiger partial charge in [0.05, 0.1) is 0 Å². The molecule has 2 nitrogen and oxygen atoms in total. The second-order valence-corrected chi connectivity index (χ2v) is 6.36. The van der Waals surface area contributed by atoms with Crippen LogP contribution in [0, 0.1) is 5.92 Å². The van der Waals surface area contributed by atoms with E-state index >= 15 is 0 Å². The minimum Gasteiger partial charge on any atom is -0.326 e. The molecule has 0 amide bonds. The summed E-state index contributed by atoms with van der Waals surface area (Å²) in [5.41, 5.74) is 7.00. The first-order valence-electron chi connectivity index (χ1n) is 7.69. The second kappa shape index (κ2) is 5.71. The maximum Gasteiger partial charge on any atom is 0.0360 e. The second-order valence-electron chi connectivity index (χ2n) is 6.36. The molecule has 1 saturated carbocycles. The van der Waals surface area contributed by atoms with Crippen LogP contribution in [0.3, 0.4) is 0 Å². The minimum absolute atomic E-state index is 0.375. The van der Waals surface area contributed by atoms with Gasteiger partial charge in [0.15, 0.2) is 0 Å². The molecule has 2 N–H and O–H groups in total. The molecule has 2 atom stereocenters. The third-order valence-electron chi connectivity index (χ3n) is 5.25. The number of nitrogens with zero attached hydrogens (tertiary/aromatic N) is 1. The SMILES string of the molecule is CCC(C)CC(N)C1(N2CCCC2)CCCC1. The monoisotopic (exact) mass is 238 g/mol. The highest BCUT2D eigenvalue weighted by molar-refractivity contribution is 5.03. The van der Waals surface area contributed by atoms with Gasteiger partial charge in [-0.25, -0.2) is 0 Å². The Balaban J connectivity index is 2.04. The van der Waals surface area contributed by atoms with E-state index in [1.54, 1.807) is 0 Å². The summed E-state index contributed by atoms with van der Waals surface area (Å²) in [7, 11) is 0. The molecule has 2 rings (SSSR count). The summed E-state index contributed by atoms with van der Waals surface area (Å²) in [6.45, 7) is 7.24. The van der Waals surface area contributed by atoms with Crippen molar-refractivity contribution in [2.75, 3.05) is 13.1 Å². The van der Waals surface area contributed by atoms with Crippen molar-refractivity contribution in [1.29, 1.82) is 0 Å². The number of nitrogens with two attached hydrogens (primary N) is 1. The van der Waals surface area contributed by atoms with E-state index in [4.69, 9.17) is 5.73 Å². The molecule has 1 heterocycles. The highest BCUT2D eigenvalue weighted by Gasteiger charge is 2.45. The molecule has 100 valence electrons. The Labute approximate surface area is 107 Å². The van der Waals surface area contributed by atoms with Crippen LogP contribution in [0.4, 0.5) is 0 Å². The predicted octanol–water partition coefficient (Wildman–Crippen LogP) is 3.16. The molecule has 1 aliphatic heterocycles. The first-order valence-corrected chi connectivity index (χ1v) is 7.69. The fourth-order valence-corrected chi connectivity index (χ4v) is 3.89. The van der Waals surface area contributed by atoms with Gasteiger partial charge in [-0.1, -0.05) is 33.1 Å². The normalized spacial score (nSPS) is 28.4. The number of hydrogen-bond donors (Lipinski definition) is 1. The molecular formula is C15H30N2. The maximum atomic E-state index is 6.63. The zero-order valence-electron chi connectivity index (χ0n) is 11.8. The van der Waals surface area contributed by atoms with E-state index in [1.807, 2.05) is 0 Å². The van der Waals surface area contributed by atoms with Crippen LogP contribution < -0.4 is 5.73 Å². The molecule has 0 bridgehead atoms. The molecule has 0 spiro atoms. The van der Waals surface area contributed by atoms with Crippen molar-refractivity contribution in [2.24, 2.45) is 11.7 Å². The average Bonchev–Trinajstić information content (AvgIpc) is 2.99. The predicted molar refractivity (Wildman–Crippen MR) is 74.1 cm³/mol. The molecule has 2 fully saturated rings. The van der Waals surface area contributed by atoms with Gasteiger partial charge in [-0.2, -0.15) is 0 Å². The maximum absolute atomic E-state index is 6.63. The van der Waals surface area contributed by atoms with Gasteiger partial charge in [0.1, 0.15) is 0 Å². The molecule has 2 heteroatoms. The smallest absolute Gasteiger partial charge is 0.0360 e. The molecule has 0 aromatic rings. The van der Waals surface area contributed by atoms with Gasteiger partial charge in [0.2, 0.25) is 0 Å². The zero-order valence-corrected chi connectivity index (χ0v) is 11.8. The van der Waals surface area contributed by atoms with E-state index in [0.717, 1.165) is 5.92 Å². The quantitative estimate of drug-likeness (QED) is 0.797. The summed E-state index contributed by atoms with van der Waals surface area (Å²) < 4.78 is 0. The Morgan fingerprint density at radius 1 is 1.12 bits per heavy atom. The standard InChI is InChI=1S/C15H30N2/c1-3-13(2)12-14(16)15(8-4-5-9-15)17-10-6-7-11-17/h13-14H,3-12,16H2,1-2H3. The number of likely N-dealkylation sites (tertiary alicyclic amines) is 1. The molecule has 1 aliphatic carbocycles.